The van der Waals surface area contributed by atoms with Gasteiger partial charge in [0.15, 0.2) is 0 Å². The number of rotatable bonds is 3. The molecule has 116 valence electrons. The van der Waals surface area contributed by atoms with E-state index < -0.39 is 15.9 Å². The molecule has 2 aromatic rings. The molecule has 5 heteroatoms. The summed E-state index contributed by atoms with van der Waals surface area (Å²) in [7, 11) is -3.88. The van der Waals surface area contributed by atoms with Crippen LogP contribution >= 0.6 is 0 Å². The first-order valence-electron chi connectivity index (χ1n) is 6.92. The van der Waals surface area contributed by atoms with E-state index in [1.807, 2.05) is 26.8 Å². The van der Waals surface area contributed by atoms with Crippen LogP contribution in [0, 0.1) is 27.7 Å². The average Bonchev–Trinajstić information content (AvgIpc) is 2.43. The number of aryl methyl sites for hydroxylation is 4. The van der Waals surface area contributed by atoms with Crippen molar-refractivity contribution < 1.29 is 13.2 Å². The predicted octanol–water partition coefficient (Wildman–Crippen LogP) is 3.04. The van der Waals surface area contributed by atoms with Crippen molar-refractivity contribution >= 4 is 15.9 Å². The van der Waals surface area contributed by atoms with Gasteiger partial charge in [-0.05, 0) is 68.1 Å². The van der Waals surface area contributed by atoms with Crippen molar-refractivity contribution in [2.24, 2.45) is 0 Å². The molecule has 0 bridgehead atoms. The normalized spacial score (nSPS) is 11.3. The number of benzene rings is 2. The third-order valence-electron chi connectivity index (χ3n) is 3.63. The summed E-state index contributed by atoms with van der Waals surface area (Å²) >= 11 is 0. The molecule has 2 rings (SSSR count). The fraction of sp³-hybridized carbons (Fsp3) is 0.235. The van der Waals surface area contributed by atoms with Crippen LogP contribution in [0.5, 0.6) is 0 Å². The fourth-order valence-electron chi connectivity index (χ4n) is 2.12. The molecule has 0 aliphatic carbocycles. The molecule has 0 aliphatic rings. The zero-order chi connectivity index (χ0) is 16.5. The van der Waals surface area contributed by atoms with Gasteiger partial charge >= 0.3 is 0 Å². The highest BCUT2D eigenvalue weighted by molar-refractivity contribution is 7.90. The van der Waals surface area contributed by atoms with Crippen molar-refractivity contribution in [2.75, 3.05) is 0 Å². The van der Waals surface area contributed by atoms with E-state index in [2.05, 4.69) is 4.72 Å². The molecular formula is C17H19NO3S. The van der Waals surface area contributed by atoms with E-state index in [4.69, 9.17) is 0 Å². The highest BCUT2D eigenvalue weighted by atomic mass is 32.2. The first kappa shape index (κ1) is 16.2. The Balaban J connectivity index is 2.33. The summed E-state index contributed by atoms with van der Waals surface area (Å²) in [6.45, 7) is 7.33. The Morgan fingerprint density at radius 1 is 0.864 bits per heavy atom. The van der Waals surface area contributed by atoms with Gasteiger partial charge in [0.25, 0.3) is 15.9 Å². The minimum Gasteiger partial charge on any atom is -0.268 e. The summed E-state index contributed by atoms with van der Waals surface area (Å²) < 4.78 is 27.0. The summed E-state index contributed by atoms with van der Waals surface area (Å²) in [6, 6.07) is 10.2. The Labute approximate surface area is 131 Å². The van der Waals surface area contributed by atoms with Gasteiger partial charge < -0.3 is 0 Å². The van der Waals surface area contributed by atoms with E-state index in [-0.39, 0.29) is 4.90 Å². The monoisotopic (exact) mass is 317 g/mol. The summed E-state index contributed by atoms with van der Waals surface area (Å²) in [5.41, 5.74) is 3.75. The molecule has 0 fully saturated rings. The second-order valence-corrected chi connectivity index (χ2v) is 7.15. The number of amides is 1. The van der Waals surface area contributed by atoms with Gasteiger partial charge in [0.1, 0.15) is 0 Å². The van der Waals surface area contributed by atoms with Gasteiger partial charge in [-0.25, -0.2) is 13.1 Å². The van der Waals surface area contributed by atoms with Gasteiger partial charge in [0.2, 0.25) is 0 Å². The van der Waals surface area contributed by atoms with Crippen molar-refractivity contribution in [1.29, 1.82) is 0 Å². The van der Waals surface area contributed by atoms with Crippen LogP contribution in [-0.2, 0) is 10.0 Å². The van der Waals surface area contributed by atoms with E-state index in [1.165, 1.54) is 0 Å². The summed E-state index contributed by atoms with van der Waals surface area (Å²) in [5.74, 6) is -0.621. The van der Waals surface area contributed by atoms with Crippen LogP contribution in [0.25, 0.3) is 0 Å². The Bertz CT molecular complexity index is 839. The van der Waals surface area contributed by atoms with E-state index in [0.717, 1.165) is 16.7 Å². The molecule has 22 heavy (non-hydrogen) atoms. The summed E-state index contributed by atoms with van der Waals surface area (Å²) in [5, 5.41) is 0. The van der Waals surface area contributed by atoms with Gasteiger partial charge in [0.05, 0.1) is 4.90 Å². The number of hydrogen-bond donors (Lipinski definition) is 1. The van der Waals surface area contributed by atoms with Gasteiger partial charge in [0, 0.05) is 5.56 Å². The number of hydrogen-bond acceptors (Lipinski definition) is 3. The summed E-state index contributed by atoms with van der Waals surface area (Å²) in [4.78, 5) is 12.3. The van der Waals surface area contributed by atoms with Crippen molar-refractivity contribution in [3.05, 3.63) is 64.2 Å². The third kappa shape index (κ3) is 3.36. The number of nitrogens with one attached hydrogen (secondary N) is 1. The van der Waals surface area contributed by atoms with Crippen LogP contribution in [0.4, 0.5) is 0 Å². The number of carbonyl (C=O) groups excluding carboxylic acids is 1. The highest BCUT2D eigenvalue weighted by Crippen LogP contribution is 2.17. The van der Waals surface area contributed by atoms with Crippen molar-refractivity contribution in [3.8, 4) is 0 Å². The molecule has 0 spiro atoms. The lowest BCUT2D eigenvalue weighted by Crippen LogP contribution is -2.31. The van der Waals surface area contributed by atoms with Crippen LogP contribution in [-0.4, -0.2) is 14.3 Å². The smallest absolute Gasteiger partial charge is 0.265 e. The molecule has 1 amide bonds. The molecule has 2 aromatic carbocycles. The molecule has 0 unspecified atom stereocenters. The lowest BCUT2D eigenvalue weighted by molar-refractivity contribution is 0.0981. The van der Waals surface area contributed by atoms with Crippen molar-refractivity contribution in [3.63, 3.8) is 0 Å². The first-order chi connectivity index (χ1) is 10.2. The van der Waals surface area contributed by atoms with E-state index in [9.17, 15) is 13.2 Å². The Hall–Kier alpha value is -2.14. The Morgan fingerprint density at radius 3 is 2.14 bits per heavy atom. The van der Waals surface area contributed by atoms with Gasteiger partial charge in [-0.15, -0.1) is 0 Å². The minimum atomic E-state index is -3.88. The average molecular weight is 317 g/mol. The van der Waals surface area contributed by atoms with Crippen molar-refractivity contribution in [1.82, 2.24) is 4.72 Å². The van der Waals surface area contributed by atoms with Crippen LogP contribution < -0.4 is 4.72 Å². The van der Waals surface area contributed by atoms with Crippen molar-refractivity contribution in [2.45, 2.75) is 32.6 Å². The maximum absolute atomic E-state index is 12.4. The minimum absolute atomic E-state index is 0.129. The molecule has 0 saturated carbocycles. The second kappa shape index (κ2) is 5.93. The van der Waals surface area contributed by atoms with Crippen LogP contribution in [0.15, 0.2) is 41.3 Å². The molecule has 0 aliphatic heterocycles. The van der Waals surface area contributed by atoms with E-state index in [1.54, 1.807) is 37.3 Å². The van der Waals surface area contributed by atoms with Crippen LogP contribution in [0.1, 0.15) is 32.6 Å². The maximum Gasteiger partial charge on any atom is 0.265 e. The second-order valence-electron chi connectivity index (χ2n) is 5.50. The molecular weight excluding hydrogens is 298 g/mol. The fourth-order valence-corrected chi connectivity index (χ4v) is 3.42. The van der Waals surface area contributed by atoms with Gasteiger partial charge in [-0.1, -0.05) is 18.2 Å². The quantitative estimate of drug-likeness (QED) is 0.946. The molecule has 0 aromatic heterocycles. The lowest BCUT2D eigenvalue weighted by atomic mass is 10.1. The van der Waals surface area contributed by atoms with E-state index >= 15 is 0 Å². The Kier molecular flexibility index (Phi) is 4.37. The zero-order valence-corrected chi connectivity index (χ0v) is 13.9. The molecule has 0 atom stereocenters. The number of sulfonamides is 1. The molecule has 0 radical (unpaired) electrons. The molecule has 0 heterocycles. The SMILES string of the molecule is Cc1ccc(C)c(S(=O)(=O)NC(=O)c2ccc(C)c(C)c2)c1. The van der Waals surface area contributed by atoms with Crippen LogP contribution in [0.3, 0.4) is 0 Å². The molecule has 4 nitrogen and oxygen atoms in total. The zero-order valence-electron chi connectivity index (χ0n) is 13.1. The van der Waals surface area contributed by atoms with Gasteiger partial charge in [-0.3, -0.25) is 4.79 Å². The van der Waals surface area contributed by atoms with E-state index in [0.29, 0.717) is 11.1 Å². The topological polar surface area (TPSA) is 63.2 Å². The largest absolute Gasteiger partial charge is 0.268 e. The number of carbonyl (C=O) groups is 1. The summed E-state index contributed by atoms with van der Waals surface area (Å²) in [6.07, 6.45) is 0. The van der Waals surface area contributed by atoms with Crippen LogP contribution in [0.2, 0.25) is 0 Å². The standard InChI is InChI=1S/C17H19NO3S/c1-11-5-6-13(3)16(9-11)22(20,21)18-17(19)15-8-7-12(2)14(4)10-15/h5-10H,1-4H3,(H,18,19). The predicted molar refractivity (Wildman–Crippen MR) is 86.5 cm³/mol. The lowest BCUT2D eigenvalue weighted by Gasteiger charge is -2.11. The van der Waals surface area contributed by atoms with Gasteiger partial charge in [-0.2, -0.15) is 0 Å². The molecule has 0 saturated heterocycles. The first-order valence-corrected chi connectivity index (χ1v) is 8.40. The maximum atomic E-state index is 12.4. The Morgan fingerprint density at radius 2 is 1.50 bits per heavy atom. The third-order valence-corrected chi connectivity index (χ3v) is 5.10. The molecule has 1 N–H and O–H groups in total. The highest BCUT2D eigenvalue weighted by Gasteiger charge is 2.21.